The number of aromatic nitrogens is 1. The SMILES string of the molecule is CCOc1c(Br)cc(/C=N/NC(=O)c2ccc(-n3c(C)ccc3-c3ccccc3)cc2)cc1OC. The molecule has 0 radical (unpaired) electrons. The predicted octanol–water partition coefficient (Wildman–Crippen LogP) is 6.39. The van der Waals surface area contributed by atoms with Crippen molar-refractivity contribution in [2.24, 2.45) is 5.10 Å². The van der Waals surface area contributed by atoms with Gasteiger partial charge >= 0.3 is 0 Å². The van der Waals surface area contributed by atoms with Gasteiger partial charge in [0.15, 0.2) is 11.5 Å². The molecule has 35 heavy (non-hydrogen) atoms. The van der Waals surface area contributed by atoms with E-state index in [1.165, 1.54) is 0 Å². The highest BCUT2D eigenvalue weighted by atomic mass is 79.9. The Morgan fingerprint density at radius 3 is 2.49 bits per heavy atom. The Morgan fingerprint density at radius 2 is 1.80 bits per heavy atom. The van der Waals surface area contributed by atoms with Crippen LogP contribution < -0.4 is 14.9 Å². The van der Waals surface area contributed by atoms with Crippen LogP contribution in [0.2, 0.25) is 0 Å². The zero-order chi connectivity index (χ0) is 24.8. The van der Waals surface area contributed by atoms with Crippen molar-refractivity contribution >= 4 is 28.1 Å². The quantitative estimate of drug-likeness (QED) is 0.211. The molecule has 0 fully saturated rings. The highest BCUT2D eigenvalue weighted by Crippen LogP contribution is 2.36. The van der Waals surface area contributed by atoms with Crippen molar-refractivity contribution in [2.75, 3.05) is 13.7 Å². The average Bonchev–Trinajstić information content (AvgIpc) is 3.27. The van der Waals surface area contributed by atoms with E-state index in [0.717, 1.165) is 32.7 Å². The van der Waals surface area contributed by atoms with E-state index in [2.05, 4.69) is 62.2 Å². The summed E-state index contributed by atoms with van der Waals surface area (Å²) in [5, 5.41) is 4.10. The summed E-state index contributed by atoms with van der Waals surface area (Å²) in [6.07, 6.45) is 1.56. The molecule has 0 unspecified atom stereocenters. The summed E-state index contributed by atoms with van der Waals surface area (Å²) in [4.78, 5) is 12.6. The third kappa shape index (κ3) is 5.46. The smallest absolute Gasteiger partial charge is 0.271 e. The van der Waals surface area contributed by atoms with Crippen LogP contribution in [-0.4, -0.2) is 30.4 Å². The van der Waals surface area contributed by atoms with Crippen molar-refractivity contribution in [3.05, 3.63) is 100 Å². The number of hydrazone groups is 1. The number of hydrogen-bond acceptors (Lipinski definition) is 4. The molecule has 0 aliphatic carbocycles. The van der Waals surface area contributed by atoms with Gasteiger partial charge in [0.05, 0.1) is 30.1 Å². The summed E-state index contributed by atoms with van der Waals surface area (Å²) in [6, 6.07) is 25.5. The molecule has 7 heteroatoms. The highest BCUT2D eigenvalue weighted by Gasteiger charge is 2.12. The van der Waals surface area contributed by atoms with Crippen LogP contribution in [0.1, 0.15) is 28.5 Å². The van der Waals surface area contributed by atoms with Crippen LogP contribution in [0.5, 0.6) is 11.5 Å². The number of benzene rings is 3. The molecule has 0 bridgehead atoms. The summed E-state index contributed by atoms with van der Waals surface area (Å²) in [6.45, 7) is 4.50. The number of nitrogens with zero attached hydrogens (tertiary/aromatic N) is 2. The fraction of sp³-hybridized carbons (Fsp3) is 0.143. The maximum atomic E-state index is 12.6. The third-order valence-corrected chi connectivity index (χ3v) is 6.04. The van der Waals surface area contributed by atoms with E-state index in [1.54, 1.807) is 31.5 Å². The van der Waals surface area contributed by atoms with Crippen LogP contribution in [0.15, 0.2) is 88.4 Å². The van der Waals surface area contributed by atoms with Crippen LogP contribution in [0.3, 0.4) is 0 Å². The molecular formula is C28H26BrN3O3. The molecule has 4 rings (SSSR count). The first-order valence-corrected chi connectivity index (χ1v) is 12.0. The molecule has 1 heterocycles. The van der Waals surface area contributed by atoms with Gasteiger partial charge in [-0.05, 0) is 89.4 Å². The first-order valence-electron chi connectivity index (χ1n) is 11.2. The minimum Gasteiger partial charge on any atom is -0.493 e. The van der Waals surface area contributed by atoms with Gasteiger partial charge in [-0.15, -0.1) is 0 Å². The highest BCUT2D eigenvalue weighted by molar-refractivity contribution is 9.10. The van der Waals surface area contributed by atoms with E-state index in [0.29, 0.717) is 23.7 Å². The van der Waals surface area contributed by atoms with E-state index < -0.39 is 0 Å². The monoisotopic (exact) mass is 531 g/mol. The molecule has 178 valence electrons. The minimum atomic E-state index is -0.294. The van der Waals surface area contributed by atoms with Crippen molar-refractivity contribution in [3.63, 3.8) is 0 Å². The van der Waals surface area contributed by atoms with Gasteiger partial charge in [-0.1, -0.05) is 30.3 Å². The largest absolute Gasteiger partial charge is 0.493 e. The van der Waals surface area contributed by atoms with E-state index in [4.69, 9.17) is 9.47 Å². The van der Waals surface area contributed by atoms with Crippen molar-refractivity contribution in [2.45, 2.75) is 13.8 Å². The first kappa shape index (κ1) is 24.3. The number of methoxy groups -OCH3 is 1. The lowest BCUT2D eigenvalue weighted by Gasteiger charge is -2.13. The molecule has 0 atom stereocenters. The lowest BCUT2D eigenvalue weighted by molar-refractivity contribution is 0.0955. The van der Waals surface area contributed by atoms with Gasteiger partial charge in [0.2, 0.25) is 0 Å². The van der Waals surface area contributed by atoms with Crippen LogP contribution in [0.25, 0.3) is 16.9 Å². The van der Waals surface area contributed by atoms with Gasteiger partial charge in [-0.3, -0.25) is 4.79 Å². The topological polar surface area (TPSA) is 64.8 Å². The zero-order valence-corrected chi connectivity index (χ0v) is 21.4. The second-order valence-electron chi connectivity index (χ2n) is 7.77. The van der Waals surface area contributed by atoms with Gasteiger partial charge in [0.25, 0.3) is 5.91 Å². The number of carbonyl (C=O) groups is 1. The molecule has 1 N–H and O–H groups in total. The third-order valence-electron chi connectivity index (χ3n) is 5.45. The first-order chi connectivity index (χ1) is 17.0. The molecular weight excluding hydrogens is 506 g/mol. The summed E-state index contributed by atoms with van der Waals surface area (Å²) >= 11 is 3.49. The maximum absolute atomic E-state index is 12.6. The van der Waals surface area contributed by atoms with Gasteiger partial charge in [0.1, 0.15) is 0 Å². The maximum Gasteiger partial charge on any atom is 0.271 e. The Bertz CT molecular complexity index is 1350. The Labute approximate surface area is 213 Å². The number of carbonyl (C=O) groups excluding carboxylic acids is 1. The molecule has 0 aliphatic rings. The predicted molar refractivity (Wildman–Crippen MR) is 143 cm³/mol. The number of halogens is 1. The fourth-order valence-electron chi connectivity index (χ4n) is 3.81. The van der Waals surface area contributed by atoms with E-state index in [1.807, 2.05) is 43.3 Å². The minimum absolute atomic E-state index is 0.294. The fourth-order valence-corrected chi connectivity index (χ4v) is 4.38. The Balaban J connectivity index is 1.48. The van der Waals surface area contributed by atoms with Crippen molar-refractivity contribution < 1.29 is 14.3 Å². The molecule has 0 saturated carbocycles. The number of amides is 1. The molecule has 4 aromatic rings. The van der Waals surface area contributed by atoms with Gasteiger partial charge < -0.3 is 14.0 Å². The molecule has 6 nitrogen and oxygen atoms in total. The molecule has 0 spiro atoms. The second-order valence-corrected chi connectivity index (χ2v) is 8.63. The summed E-state index contributed by atoms with van der Waals surface area (Å²) in [7, 11) is 1.58. The molecule has 0 saturated heterocycles. The van der Waals surface area contributed by atoms with E-state index in [-0.39, 0.29) is 5.91 Å². The normalized spacial score (nSPS) is 11.0. The van der Waals surface area contributed by atoms with Crippen molar-refractivity contribution in [3.8, 4) is 28.4 Å². The molecule has 1 aromatic heterocycles. The molecule has 3 aromatic carbocycles. The number of rotatable bonds is 8. The Morgan fingerprint density at radius 1 is 1.06 bits per heavy atom. The summed E-state index contributed by atoms with van der Waals surface area (Å²) in [5.74, 6) is 0.918. The van der Waals surface area contributed by atoms with Crippen LogP contribution in [0, 0.1) is 6.92 Å². The van der Waals surface area contributed by atoms with Crippen LogP contribution in [-0.2, 0) is 0 Å². The second kappa shape index (κ2) is 11.1. The average molecular weight is 532 g/mol. The van der Waals surface area contributed by atoms with Gasteiger partial charge in [0, 0.05) is 16.9 Å². The Kier molecular flexibility index (Phi) is 7.67. The van der Waals surface area contributed by atoms with Gasteiger partial charge in [-0.25, -0.2) is 5.43 Å². The van der Waals surface area contributed by atoms with E-state index in [9.17, 15) is 4.79 Å². The van der Waals surface area contributed by atoms with Crippen molar-refractivity contribution in [1.82, 2.24) is 9.99 Å². The van der Waals surface area contributed by atoms with Crippen LogP contribution in [0.4, 0.5) is 0 Å². The van der Waals surface area contributed by atoms with Crippen molar-refractivity contribution in [1.29, 1.82) is 0 Å². The number of hydrogen-bond donors (Lipinski definition) is 1. The number of nitrogens with one attached hydrogen (secondary N) is 1. The Hall–Kier alpha value is -3.84. The summed E-state index contributed by atoms with van der Waals surface area (Å²) < 4.78 is 13.9. The molecule has 0 aliphatic heterocycles. The van der Waals surface area contributed by atoms with E-state index >= 15 is 0 Å². The standard InChI is InChI=1S/C28H26BrN3O3/c1-4-35-27-24(29)16-20(17-26(27)34-3)18-30-31-28(33)22-11-13-23(14-12-22)32-19(2)10-15-25(32)21-8-6-5-7-9-21/h5-18H,4H2,1-3H3,(H,31,33)/b30-18+. The van der Waals surface area contributed by atoms with Crippen LogP contribution >= 0.6 is 15.9 Å². The lowest BCUT2D eigenvalue weighted by atomic mass is 10.1. The molecule has 1 amide bonds. The summed E-state index contributed by atoms with van der Waals surface area (Å²) in [5.41, 5.74) is 8.18. The lowest BCUT2D eigenvalue weighted by Crippen LogP contribution is -2.17. The van der Waals surface area contributed by atoms with Gasteiger partial charge in [-0.2, -0.15) is 5.10 Å². The number of ether oxygens (including phenoxy) is 2. The number of aryl methyl sites for hydroxylation is 1. The zero-order valence-electron chi connectivity index (χ0n) is 19.8.